The summed E-state index contributed by atoms with van der Waals surface area (Å²) in [4.78, 5) is 11.7. The van der Waals surface area contributed by atoms with Crippen LogP contribution in [0.25, 0.3) is 22.3 Å². The minimum Gasteiger partial charge on any atom is -0.397 e. The molecule has 8 bridgehead atoms. The smallest absolute Gasteiger partial charge is 0.0672 e. The van der Waals surface area contributed by atoms with Crippen molar-refractivity contribution in [2.75, 3.05) is 5.73 Å². The first kappa shape index (κ1) is 29.9. The molecule has 0 amide bonds. The van der Waals surface area contributed by atoms with Gasteiger partial charge in [-0.3, -0.25) is 0 Å². The summed E-state index contributed by atoms with van der Waals surface area (Å²) in [6.07, 6.45) is 6.73. The SMILES string of the molecule is CCC1=c2cc(N)c([nH]2)=C(CC)c2[nH]c(c(CC)c2C)C(CC)=c2c(CC)c(CC)c(n2CC)=C(CC)c2ccc1[nH]2. The van der Waals surface area contributed by atoms with E-state index in [4.69, 9.17) is 5.73 Å². The van der Waals surface area contributed by atoms with Crippen molar-refractivity contribution in [1.29, 1.82) is 0 Å². The highest BCUT2D eigenvalue weighted by Gasteiger charge is 2.23. The van der Waals surface area contributed by atoms with Gasteiger partial charge in [-0.25, -0.2) is 0 Å². The van der Waals surface area contributed by atoms with Gasteiger partial charge in [0.2, 0.25) is 0 Å². The molecule has 0 aromatic carbocycles. The van der Waals surface area contributed by atoms with E-state index in [9.17, 15) is 0 Å². The Bertz CT molecular complexity index is 1880. The monoisotopic (exact) mass is 565 g/mol. The van der Waals surface area contributed by atoms with Gasteiger partial charge < -0.3 is 25.3 Å². The molecule has 4 aromatic heterocycles. The third kappa shape index (κ3) is 4.44. The average molecular weight is 566 g/mol. The average Bonchev–Trinajstić information content (AvgIpc) is 3.76. The molecule has 1 aliphatic heterocycles. The van der Waals surface area contributed by atoms with Crippen molar-refractivity contribution < 1.29 is 0 Å². The zero-order valence-electron chi connectivity index (χ0n) is 27.4. The number of aromatic amines is 3. The highest BCUT2D eigenvalue weighted by Crippen LogP contribution is 2.31. The zero-order chi connectivity index (χ0) is 30.3. The molecule has 5 N–H and O–H groups in total. The van der Waals surface area contributed by atoms with Crippen LogP contribution in [0, 0.1) is 6.92 Å². The van der Waals surface area contributed by atoms with Crippen LogP contribution >= 0.6 is 0 Å². The van der Waals surface area contributed by atoms with Gasteiger partial charge in [-0.1, -0.05) is 48.5 Å². The molecule has 0 saturated heterocycles. The highest BCUT2D eigenvalue weighted by molar-refractivity contribution is 5.77. The number of nitrogens with one attached hydrogen (secondary N) is 3. The first-order valence-corrected chi connectivity index (χ1v) is 16.4. The van der Waals surface area contributed by atoms with Crippen LogP contribution < -0.4 is 27.1 Å². The van der Waals surface area contributed by atoms with Crippen molar-refractivity contribution >= 4 is 28.0 Å². The standard InChI is InChI=1S/C37H51N5/c1-10-22-21(9)33-27(15-6)35-29(38)20-32(40-35)25(13-4)30-18-19-31(39-30)26(14-5)36-23(11-2)24(12-3)37(42(36)17-8)28(16-7)34(22)41-33/h18-20,39-41H,10-17,38H2,1-9H3. The Morgan fingerprint density at radius 2 is 1.14 bits per heavy atom. The lowest BCUT2D eigenvalue weighted by Crippen LogP contribution is -2.31. The van der Waals surface area contributed by atoms with Gasteiger partial charge in [0, 0.05) is 50.9 Å². The fourth-order valence-corrected chi connectivity index (χ4v) is 7.71. The molecule has 0 fully saturated rings. The molecule has 5 heterocycles. The second kappa shape index (κ2) is 11.9. The van der Waals surface area contributed by atoms with E-state index in [0.717, 1.165) is 73.6 Å². The summed E-state index contributed by atoms with van der Waals surface area (Å²) < 4.78 is 2.64. The van der Waals surface area contributed by atoms with E-state index < -0.39 is 0 Å². The number of hydrogen-bond donors (Lipinski definition) is 4. The van der Waals surface area contributed by atoms with Gasteiger partial charge in [-0.2, -0.15) is 0 Å². The van der Waals surface area contributed by atoms with Crippen molar-refractivity contribution in [3.05, 3.63) is 84.6 Å². The quantitative estimate of drug-likeness (QED) is 0.213. The van der Waals surface area contributed by atoms with Gasteiger partial charge in [0.1, 0.15) is 0 Å². The summed E-state index contributed by atoms with van der Waals surface area (Å²) in [5, 5.41) is 4.96. The summed E-state index contributed by atoms with van der Waals surface area (Å²) >= 11 is 0. The van der Waals surface area contributed by atoms with Crippen LogP contribution in [-0.2, 0) is 25.8 Å². The molecule has 5 rings (SSSR count). The summed E-state index contributed by atoms with van der Waals surface area (Å²) in [6, 6.07) is 6.68. The van der Waals surface area contributed by atoms with Gasteiger partial charge in [0.25, 0.3) is 0 Å². The van der Waals surface area contributed by atoms with Crippen molar-refractivity contribution in [2.45, 2.75) is 114 Å². The van der Waals surface area contributed by atoms with Crippen LogP contribution in [-0.4, -0.2) is 19.5 Å². The lowest BCUT2D eigenvalue weighted by molar-refractivity contribution is 0.709. The number of fused-ring (bicyclic) bond motifs is 8. The molecular weight excluding hydrogens is 514 g/mol. The number of nitrogens with zero attached hydrogens (tertiary/aromatic N) is 1. The summed E-state index contributed by atoms with van der Waals surface area (Å²) in [7, 11) is 0. The van der Waals surface area contributed by atoms with Gasteiger partial charge in [0.15, 0.2) is 0 Å². The Hall–Kier alpha value is -3.60. The van der Waals surface area contributed by atoms with Gasteiger partial charge in [-0.15, -0.1) is 0 Å². The van der Waals surface area contributed by atoms with E-state index in [2.05, 4.69) is 100 Å². The summed E-state index contributed by atoms with van der Waals surface area (Å²) in [6.45, 7) is 21.6. The van der Waals surface area contributed by atoms with Crippen molar-refractivity contribution in [3.63, 3.8) is 0 Å². The third-order valence-corrected chi connectivity index (χ3v) is 9.63. The summed E-state index contributed by atoms with van der Waals surface area (Å²) in [5.74, 6) is 0. The van der Waals surface area contributed by atoms with Crippen LogP contribution in [0.3, 0.4) is 0 Å². The maximum absolute atomic E-state index is 6.78. The summed E-state index contributed by atoms with van der Waals surface area (Å²) in [5.41, 5.74) is 23.6. The molecule has 1 aliphatic rings. The van der Waals surface area contributed by atoms with Crippen molar-refractivity contribution in [3.8, 4) is 0 Å². The molecule has 0 aliphatic carbocycles. The van der Waals surface area contributed by atoms with E-state index in [1.54, 1.807) is 0 Å². The zero-order valence-corrected chi connectivity index (χ0v) is 27.4. The second-order valence-electron chi connectivity index (χ2n) is 11.6. The van der Waals surface area contributed by atoms with Crippen molar-refractivity contribution in [2.24, 2.45) is 0 Å². The largest absolute Gasteiger partial charge is 0.397 e. The predicted octanol–water partition coefficient (Wildman–Crippen LogP) is 5.82. The normalized spacial score (nSPS) is 13.5. The third-order valence-electron chi connectivity index (χ3n) is 9.63. The van der Waals surface area contributed by atoms with Crippen LogP contribution in [0.4, 0.5) is 5.69 Å². The second-order valence-corrected chi connectivity index (χ2v) is 11.6. The maximum Gasteiger partial charge on any atom is 0.0672 e. The molecule has 0 atom stereocenters. The van der Waals surface area contributed by atoms with Crippen LogP contribution in [0.2, 0.25) is 0 Å². The molecule has 224 valence electrons. The number of H-pyrrole nitrogens is 3. The molecule has 0 unspecified atom stereocenters. The molecule has 4 aromatic rings. The molecule has 0 saturated carbocycles. The van der Waals surface area contributed by atoms with Gasteiger partial charge >= 0.3 is 0 Å². The van der Waals surface area contributed by atoms with Crippen LogP contribution in [0.5, 0.6) is 0 Å². The lowest BCUT2D eigenvalue weighted by atomic mass is 9.96. The Morgan fingerprint density at radius 1 is 0.595 bits per heavy atom. The minimum absolute atomic E-state index is 0.808. The first-order chi connectivity index (χ1) is 20.3. The molecular formula is C37H51N5. The Morgan fingerprint density at radius 3 is 1.67 bits per heavy atom. The maximum atomic E-state index is 6.78. The first-order valence-electron chi connectivity index (χ1n) is 16.4. The number of rotatable bonds is 8. The van der Waals surface area contributed by atoms with E-state index in [1.807, 2.05) is 0 Å². The Labute approximate surface area is 251 Å². The van der Waals surface area contributed by atoms with E-state index in [-0.39, 0.29) is 0 Å². The fraction of sp³-hybridized carbons (Fsp3) is 0.459. The van der Waals surface area contributed by atoms with Crippen LogP contribution in [0.1, 0.15) is 126 Å². The van der Waals surface area contributed by atoms with Crippen molar-refractivity contribution in [1.82, 2.24) is 19.5 Å². The van der Waals surface area contributed by atoms with E-state index in [0.29, 0.717) is 0 Å². The molecule has 42 heavy (non-hydrogen) atoms. The van der Waals surface area contributed by atoms with Gasteiger partial charge in [0.05, 0.1) is 11.0 Å². The van der Waals surface area contributed by atoms with Gasteiger partial charge in [-0.05, 0) is 116 Å². The number of aromatic nitrogens is 4. The van der Waals surface area contributed by atoms with E-state index >= 15 is 0 Å². The topological polar surface area (TPSA) is 78.3 Å². The number of nitrogens with two attached hydrogens (primary N) is 1. The molecule has 5 nitrogen and oxygen atoms in total. The fourth-order valence-electron chi connectivity index (χ4n) is 7.71. The number of anilines is 1. The predicted molar refractivity (Wildman–Crippen MR) is 179 cm³/mol. The highest BCUT2D eigenvalue weighted by atomic mass is 15.0. The minimum atomic E-state index is 0.808. The lowest BCUT2D eigenvalue weighted by Gasteiger charge is -2.12. The molecule has 5 heteroatoms. The molecule has 0 spiro atoms. The van der Waals surface area contributed by atoms with Crippen LogP contribution in [0.15, 0.2) is 18.2 Å². The Kier molecular flexibility index (Phi) is 8.50. The number of hydrogen-bond acceptors (Lipinski definition) is 1. The van der Waals surface area contributed by atoms with E-state index in [1.165, 1.54) is 72.3 Å². The Balaban J connectivity index is 2.15. The number of nitrogen functional groups attached to an aromatic ring is 1. The molecule has 0 radical (unpaired) electrons.